The standard InChI is InChI=1S/C20H18O2S2/c1-15-12-13-17(22-2)20(14-15)24(21)19-11-7-6-10-18(19)23-16-8-4-3-5-9-16/h3-14H,1-2H3. The van der Waals surface area contributed by atoms with Gasteiger partial charge in [-0.1, -0.05) is 48.2 Å². The quantitative estimate of drug-likeness (QED) is 0.620. The van der Waals surface area contributed by atoms with Crippen molar-refractivity contribution >= 4 is 22.6 Å². The van der Waals surface area contributed by atoms with E-state index in [0.29, 0.717) is 10.6 Å². The van der Waals surface area contributed by atoms with Crippen LogP contribution in [0.1, 0.15) is 5.56 Å². The van der Waals surface area contributed by atoms with E-state index in [9.17, 15) is 4.21 Å². The zero-order valence-corrected chi connectivity index (χ0v) is 15.2. The third-order valence-electron chi connectivity index (χ3n) is 3.54. The SMILES string of the molecule is COc1ccc(C)cc1S(=O)c1ccccc1Sc1ccccc1. The summed E-state index contributed by atoms with van der Waals surface area (Å²) < 4.78 is 18.6. The lowest BCUT2D eigenvalue weighted by Gasteiger charge is -2.12. The zero-order valence-electron chi connectivity index (χ0n) is 13.6. The van der Waals surface area contributed by atoms with Gasteiger partial charge in [0.15, 0.2) is 0 Å². The molecular weight excluding hydrogens is 336 g/mol. The van der Waals surface area contributed by atoms with Crippen LogP contribution in [0.2, 0.25) is 0 Å². The van der Waals surface area contributed by atoms with E-state index in [1.165, 1.54) is 0 Å². The Balaban J connectivity index is 2.01. The molecule has 3 aromatic carbocycles. The minimum Gasteiger partial charge on any atom is -0.495 e. The molecule has 1 unspecified atom stereocenters. The fourth-order valence-corrected chi connectivity index (χ4v) is 4.88. The van der Waals surface area contributed by atoms with Crippen LogP contribution in [-0.4, -0.2) is 11.3 Å². The molecule has 0 fully saturated rings. The van der Waals surface area contributed by atoms with Gasteiger partial charge in [-0.05, 0) is 48.9 Å². The molecule has 0 bridgehead atoms. The first-order chi connectivity index (χ1) is 11.7. The average molecular weight is 354 g/mol. The Bertz CT molecular complexity index is 861. The van der Waals surface area contributed by atoms with E-state index in [4.69, 9.17) is 4.74 Å². The molecule has 4 heteroatoms. The van der Waals surface area contributed by atoms with Gasteiger partial charge in [-0.15, -0.1) is 0 Å². The molecule has 2 nitrogen and oxygen atoms in total. The third-order valence-corrected chi connectivity index (χ3v) is 6.23. The van der Waals surface area contributed by atoms with Crippen LogP contribution >= 0.6 is 11.8 Å². The number of ether oxygens (including phenoxy) is 1. The molecule has 3 aromatic rings. The number of methoxy groups -OCH3 is 1. The molecule has 0 saturated heterocycles. The van der Waals surface area contributed by atoms with Crippen LogP contribution in [0, 0.1) is 6.92 Å². The van der Waals surface area contributed by atoms with Crippen molar-refractivity contribution in [1.29, 1.82) is 0 Å². The van der Waals surface area contributed by atoms with E-state index in [0.717, 1.165) is 20.2 Å². The maximum atomic E-state index is 13.2. The summed E-state index contributed by atoms with van der Waals surface area (Å²) in [5.74, 6) is 0.651. The minimum absolute atomic E-state index is 0.651. The molecule has 0 saturated carbocycles. The van der Waals surface area contributed by atoms with E-state index < -0.39 is 10.8 Å². The number of hydrogen-bond donors (Lipinski definition) is 0. The van der Waals surface area contributed by atoms with Gasteiger partial charge >= 0.3 is 0 Å². The molecule has 1 atom stereocenters. The van der Waals surface area contributed by atoms with Crippen LogP contribution in [0.5, 0.6) is 5.75 Å². The number of hydrogen-bond acceptors (Lipinski definition) is 3. The normalized spacial score (nSPS) is 11.9. The van der Waals surface area contributed by atoms with Crippen molar-refractivity contribution < 1.29 is 8.95 Å². The maximum absolute atomic E-state index is 13.2. The van der Waals surface area contributed by atoms with Gasteiger partial charge in [0, 0.05) is 9.79 Å². The summed E-state index contributed by atoms with van der Waals surface area (Å²) in [7, 11) is 0.308. The first-order valence-corrected chi connectivity index (χ1v) is 9.54. The second kappa shape index (κ2) is 7.69. The van der Waals surface area contributed by atoms with Crippen LogP contribution in [0.25, 0.3) is 0 Å². The van der Waals surface area contributed by atoms with Crippen molar-refractivity contribution in [2.24, 2.45) is 0 Å². The summed E-state index contributed by atoms with van der Waals surface area (Å²) in [5.41, 5.74) is 1.06. The molecule has 3 rings (SSSR count). The summed E-state index contributed by atoms with van der Waals surface area (Å²) in [5, 5.41) is 0. The highest BCUT2D eigenvalue weighted by molar-refractivity contribution is 8.00. The third kappa shape index (κ3) is 3.71. The van der Waals surface area contributed by atoms with Crippen molar-refractivity contribution in [3.8, 4) is 5.75 Å². The molecule has 0 amide bonds. The average Bonchev–Trinajstić information content (AvgIpc) is 2.62. The molecule has 0 aromatic heterocycles. The highest BCUT2D eigenvalue weighted by Gasteiger charge is 2.17. The molecule has 0 aliphatic carbocycles. The van der Waals surface area contributed by atoms with Crippen LogP contribution in [0.4, 0.5) is 0 Å². The second-order valence-electron chi connectivity index (χ2n) is 5.28. The van der Waals surface area contributed by atoms with Gasteiger partial charge in [0.05, 0.1) is 27.7 Å². The van der Waals surface area contributed by atoms with Gasteiger partial charge in [-0.3, -0.25) is 0 Å². The van der Waals surface area contributed by atoms with Gasteiger partial charge in [-0.25, -0.2) is 4.21 Å². The first-order valence-electron chi connectivity index (χ1n) is 7.57. The van der Waals surface area contributed by atoms with Gasteiger partial charge in [-0.2, -0.15) is 0 Å². The highest BCUT2D eigenvalue weighted by Crippen LogP contribution is 2.35. The van der Waals surface area contributed by atoms with E-state index in [2.05, 4.69) is 12.1 Å². The van der Waals surface area contributed by atoms with E-state index >= 15 is 0 Å². The zero-order chi connectivity index (χ0) is 16.9. The molecule has 0 radical (unpaired) electrons. The van der Waals surface area contributed by atoms with E-state index in [-0.39, 0.29) is 0 Å². The molecular formula is C20H18O2S2. The van der Waals surface area contributed by atoms with Crippen molar-refractivity contribution in [3.05, 3.63) is 78.4 Å². The largest absolute Gasteiger partial charge is 0.495 e. The highest BCUT2D eigenvalue weighted by atomic mass is 32.2. The molecule has 0 N–H and O–H groups in total. The van der Waals surface area contributed by atoms with Crippen LogP contribution in [-0.2, 0) is 10.8 Å². The topological polar surface area (TPSA) is 26.3 Å². The summed E-state index contributed by atoms with van der Waals surface area (Å²) in [4.78, 5) is 3.62. The van der Waals surface area contributed by atoms with Gasteiger partial charge in [0.1, 0.15) is 5.75 Å². The number of aryl methyl sites for hydroxylation is 1. The lowest BCUT2D eigenvalue weighted by atomic mass is 10.2. The Morgan fingerprint density at radius 3 is 2.33 bits per heavy atom. The Labute approximate surface area is 149 Å². The number of rotatable bonds is 5. The second-order valence-corrected chi connectivity index (χ2v) is 7.82. The fourth-order valence-electron chi connectivity index (χ4n) is 2.35. The minimum atomic E-state index is -1.30. The van der Waals surface area contributed by atoms with Gasteiger partial charge < -0.3 is 4.74 Å². The summed E-state index contributed by atoms with van der Waals surface area (Å²) >= 11 is 1.62. The lowest BCUT2D eigenvalue weighted by molar-refractivity contribution is 0.404. The molecule has 122 valence electrons. The molecule has 0 aliphatic heterocycles. The maximum Gasteiger partial charge on any atom is 0.135 e. The molecule has 0 aliphatic rings. The van der Waals surface area contributed by atoms with Crippen molar-refractivity contribution in [3.63, 3.8) is 0 Å². The van der Waals surface area contributed by atoms with E-state index in [1.807, 2.05) is 67.6 Å². The summed E-state index contributed by atoms with van der Waals surface area (Å²) in [6.45, 7) is 1.99. The summed E-state index contributed by atoms with van der Waals surface area (Å²) in [6, 6.07) is 23.7. The summed E-state index contributed by atoms with van der Waals surface area (Å²) in [6.07, 6.45) is 0. The molecule has 0 spiro atoms. The Kier molecular flexibility index (Phi) is 5.38. The van der Waals surface area contributed by atoms with Gasteiger partial charge in [0.25, 0.3) is 0 Å². The Morgan fingerprint density at radius 2 is 1.58 bits per heavy atom. The predicted octanol–water partition coefficient (Wildman–Crippen LogP) is 5.32. The first kappa shape index (κ1) is 16.8. The van der Waals surface area contributed by atoms with Crippen LogP contribution in [0.3, 0.4) is 0 Å². The molecule has 24 heavy (non-hydrogen) atoms. The van der Waals surface area contributed by atoms with Crippen molar-refractivity contribution in [2.45, 2.75) is 26.5 Å². The fraction of sp³-hybridized carbons (Fsp3) is 0.100. The lowest BCUT2D eigenvalue weighted by Crippen LogP contribution is -1.99. The Hall–Kier alpha value is -2.04. The molecule has 0 heterocycles. The smallest absolute Gasteiger partial charge is 0.135 e. The monoisotopic (exact) mass is 354 g/mol. The van der Waals surface area contributed by atoms with Crippen molar-refractivity contribution in [1.82, 2.24) is 0 Å². The number of benzene rings is 3. The van der Waals surface area contributed by atoms with Crippen molar-refractivity contribution in [2.75, 3.05) is 7.11 Å². The Morgan fingerprint density at radius 1 is 0.875 bits per heavy atom. The van der Waals surface area contributed by atoms with Gasteiger partial charge in [0.2, 0.25) is 0 Å². The van der Waals surface area contributed by atoms with Crippen LogP contribution in [0.15, 0.2) is 92.4 Å². The van der Waals surface area contributed by atoms with E-state index in [1.54, 1.807) is 18.9 Å². The predicted molar refractivity (Wildman–Crippen MR) is 99.4 cm³/mol. The van der Waals surface area contributed by atoms with Crippen LogP contribution < -0.4 is 4.74 Å².